The molecule has 6 heteroatoms. The molecule has 2 aromatic carbocycles. The molecule has 1 heterocycles. The van der Waals surface area contributed by atoms with Crippen LogP contribution in [-0.4, -0.2) is 10.9 Å². The minimum atomic E-state index is -0.231. The molecule has 3 rings (SSSR count). The number of nitrogens with one attached hydrogen (secondary N) is 1. The molecule has 0 aliphatic heterocycles. The summed E-state index contributed by atoms with van der Waals surface area (Å²) in [4.78, 5) is 17.9. The number of carbonyl (C=O) groups is 1. The molecule has 0 aliphatic rings. The molecule has 0 aliphatic carbocycles. The van der Waals surface area contributed by atoms with Crippen LogP contribution < -0.4 is 5.32 Å². The number of nitrogens with zero attached hydrogens (tertiary/aromatic N) is 1. The molecule has 1 N–H and O–H groups in total. The molecule has 0 radical (unpaired) electrons. The minimum absolute atomic E-state index is 0.231. The number of hydrogen-bond donors (Lipinski definition) is 1. The third kappa shape index (κ3) is 3.78. The number of aromatic nitrogens is 1. The van der Waals surface area contributed by atoms with E-state index >= 15 is 0 Å². The lowest BCUT2D eigenvalue weighted by Crippen LogP contribution is -2.23. The molecule has 0 saturated carbocycles. The van der Waals surface area contributed by atoms with Crippen LogP contribution in [0.1, 0.15) is 20.9 Å². The van der Waals surface area contributed by atoms with Crippen LogP contribution in [0, 0.1) is 6.92 Å². The molecule has 122 valence electrons. The van der Waals surface area contributed by atoms with Crippen molar-refractivity contribution in [2.24, 2.45) is 0 Å². The lowest BCUT2D eigenvalue weighted by Gasteiger charge is -2.06. The summed E-state index contributed by atoms with van der Waals surface area (Å²) < 4.78 is 0. The maximum Gasteiger partial charge on any atom is 0.253 e. The molecule has 3 aromatic rings. The van der Waals surface area contributed by atoms with Crippen molar-refractivity contribution in [1.29, 1.82) is 0 Å². The number of aryl methyl sites for hydroxylation is 1. The number of carbonyl (C=O) groups excluding carboxylic acids is 1. The predicted octanol–water partition coefficient (Wildman–Crippen LogP) is 5.36. The summed E-state index contributed by atoms with van der Waals surface area (Å²) in [6.45, 7) is 2.35. The quantitative estimate of drug-likeness (QED) is 0.666. The lowest BCUT2D eigenvalue weighted by atomic mass is 10.2. The Morgan fingerprint density at radius 3 is 2.62 bits per heavy atom. The fraction of sp³-hybridized carbons (Fsp3) is 0.111. The van der Waals surface area contributed by atoms with E-state index in [0.717, 1.165) is 21.1 Å². The summed E-state index contributed by atoms with van der Waals surface area (Å²) in [6, 6.07) is 14.8. The van der Waals surface area contributed by atoms with Crippen LogP contribution in [0.15, 0.2) is 48.5 Å². The number of amides is 1. The van der Waals surface area contributed by atoms with Gasteiger partial charge in [0.2, 0.25) is 0 Å². The maximum atomic E-state index is 12.3. The van der Waals surface area contributed by atoms with Crippen molar-refractivity contribution in [2.45, 2.75) is 13.5 Å². The van der Waals surface area contributed by atoms with Crippen molar-refractivity contribution >= 4 is 40.4 Å². The smallest absolute Gasteiger partial charge is 0.253 e. The van der Waals surface area contributed by atoms with Gasteiger partial charge in [-0.3, -0.25) is 4.79 Å². The van der Waals surface area contributed by atoms with Gasteiger partial charge < -0.3 is 5.32 Å². The summed E-state index contributed by atoms with van der Waals surface area (Å²) >= 11 is 13.5. The zero-order valence-corrected chi connectivity index (χ0v) is 15.2. The third-order valence-electron chi connectivity index (χ3n) is 3.50. The first-order valence-corrected chi connectivity index (χ1v) is 8.87. The Balaban J connectivity index is 1.73. The van der Waals surface area contributed by atoms with Gasteiger partial charge in [-0.2, -0.15) is 0 Å². The highest BCUT2D eigenvalue weighted by Crippen LogP contribution is 2.28. The molecular formula is C18H14Cl2N2OS. The Labute approximate surface area is 154 Å². The van der Waals surface area contributed by atoms with Crippen LogP contribution in [0.25, 0.3) is 10.6 Å². The number of hydrogen-bond acceptors (Lipinski definition) is 3. The van der Waals surface area contributed by atoms with E-state index in [1.807, 2.05) is 37.3 Å². The van der Waals surface area contributed by atoms with Crippen LogP contribution in [-0.2, 0) is 6.54 Å². The van der Waals surface area contributed by atoms with Crippen molar-refractivity contribution in [3.05, 3.63) is 74.7 Å². The molecule has 24 heavy (non-hydrogen) atoms. The van der Waals surface area contributed by atoms with Gasteiger partial charge in [-0.05, 0) is 25.1 Å². The monoisotopic (exact) mass is 376 g/mol. The van der Waals surface area contributed by atoms with E-state index in [2.05, 4.69) is 10.3 Å². The molecule has 1 amide bonds. The second kappa shape index (κ2) is 7.34. The summed E-state index contributed by atoms with van der Waals surface area (Å²) in [6.07, 6.45) is 0. The molecule has 0 atom stereocenters. The van der Waals surface area contributed by atoms with Gasteiger partial charge >= 0.3 is 0 Å². The van der Waals surface area contributed by atoms with Gasteiger partial charge in [0.05, 0.1) is 22.8 Å². The standard InChI is InChI=1S/C18H14Cl2N2OS/c1-11-16(24-18(22-11)12-5-3-2-4-6-12)10-21-17(23)14-8-7-13(19)9-15(14)20/h2-9H,10H2,1H3,(H,21,23). The van der Waals surface area contributed by atoms with Gasteiger partial charge in [0.15, 0.2) is 0 Å². The Morgan fingerprint density at radius 2 is 1.92 bits per heavy atom. The third-order valence-corrected chi connectivity index (χ3v) is 5.25. The van der Waals surface area contributed by atoms with Gasteiger partial charge in [-0.25, -0.2) is 4.98 Å². The molecule has 0 spiro atoms. The Hall–Kier alpha value is -1.88. The fourth-order valence-corrected chi connectivity index (χ4v) is 3.73. The molecular weight excluding hydrogens is 363 g/mol. The molecule has 3 nitrogen and oxygen atoms in total. The van der Waals surface area contributed by atoms with Crippen LogP contribution in [0.3, 0.4) is 0 Å². The van der Waals surface area contributed by atoms with E-state index in [-0.39, 0.29) is 5.91 Å². The topological polar surface area (TPSA) is 42.0 Å². The molecule has 1 aromatic heterocycles. The van der Waals surface area contributed by atoms with Crippen molar-refractivity contribution in [2.75, 3.05) is 0 Å². The highest BCUT2D eigenvalue weighted by Gasteiger charge is 2.13. The largest absolute Gasteiger partial charge is 0.347 e. The number of rotatable bonds is 4. The first kappa shape index (κ1) is 17.0. The molecule has 0 unspecified atom stereocenters. The van der Waals surface area contributed by atoms with Gasteiger partial charge in [0, 0.05) is 15.5 Å². The fourth-order valence-electron chi connectivity index (χ4n) is 2.23. The van der Waals surface area contributed by atoms with E-state index in [1.165, 1.54) is 0 Å². The van der Waals surface area contributed by atoms with E-state index < -0.39 is 0 Å². The Bertz CT molecular complexity index is 878. The van der Waals surface area contributed by atoms with Gasteiger partial charge in [-0.15, -0.1) is 11.3 Å². The second-order valence-corrected chi connectivity index (χ2v) is 7.13. The maximum absolute atomic E-state index is 12.3. The number of halogens is 2. The van der Waals surface area contributed by atoms with Crippen LogP contribution in [0.5, 0.6) is 0 Å². The van der Waals surface area contributed by atoms with Crippen LogP contribution >= 0.6 is 34.5 Å². The SMILES string of the molecule is Cc1nc(-c2ccccc2)sc1CNC(=O)c1ccc(Cl)cc1Cl. The highest BCUT2D eigenvalue weighted by molar-refractivity contribution is 7.15. The van der Waals surface area contributed by atoms with E-state index in [9.17, 15) is 4.79 Å². The first-order chi connectivity index (χ1) is 11.5. The van der Waals surface area contributed by atoms with Crippen LogP contribution in [0.2, 0.25) is 10.0 Å². The number of benzene rings is 2. The predicted molar refractivity (Wildman–Crippen MR) is 99.9 cm³/mol. The van der Waals surface area contributed by atoms with Crippen molar-refractivity contribution in [1.82, 2.24) is 10.3 Å². The molecule has 0 fully saturated rings. The van der Waals surface area contributed by atoms with Gasteiger partial charge in [0.1, 0.15) is 5.01 Å². The molecule has 0 saturated heterocycles. The van der Waals surface area contributed by atoms with E-state index in [0.29, 0.717) is 22.2 Å². The average Bonchev–Trinajstić information content (AvgIpc) is 2.94. The van der Waals surface area contributed by atoms with Gasteiger partial charge in [0.25, 0.3) is 5.91 Å². The molecule has 0 bridgehead atoms. The second-order valence-electron chi connectivity index (χ2n) is 5.20. The summed E-state index contributed by atoms with van der Waals surface area (Å²) in [7, 11) is 0. The zero-order valence-electron chi connectivity index (χ0n) is 12.8. The Kier molecular flexibility index (Phi) is 5.19. The summed E-state index contributed by atoms with van der Waals surface area (Å²) in [5.74, 6) is -0.231. The first-order valence-electron chi connectivity index (χ1n) is 7.29. The summed E-state index contributed by atoms with van der Waals surface area (Å²) in [5.41, 5.74) is 2.40. The zero-order chi connectivity index (χ0) is 17.1. The Morgan fingerprint density at radius 1 is 1.17 bits per heavy atom. The average molecular weight is 377 g/mol. The van der Waals surface area contributed by atoms with E-state index in [4.69, 9.17) is 23.2 Å². The van der Waals surface area contributed by atoms with E-state index in [1.54, 1.807) is 29.5 Å². The van der Waals surface area contributed by atoms with Crippen molar-refractivity contribution in [3.63, 3.8) is 0 Å². The lowest BCUT2D eigenvalue weighted by molar-refractivity contribution is 0.0951. The van der Waals surface area contributed by atoms with Crippen LogP contribution in [0.4, 0.5) is 0 Å². The minimum Gasteiger partial charge on any atom is -0.347 e. The normalized spacial score (nSPS) is 10.6. The van der Waals surface area contributed by atoms with Gasteiger partial charge in [-0.1, -0.05) is 53.5 Å². The number of thiazole rings is 1. The van der Waals surface area contributed by atoms with Crippen molar-refractivity contribution < 1.29 is 4.79 Å². The highest BCUT2D eigenvalue weighted by atomic mass is 35.5. The summed E-state index contributed by atoms with van der Waals surface area (Å²) in [5, 5.41) is 4.67. The van der Waals surface area contributed by atoms with Crippen molar-refractivity contribution in [3.8, 4) is 10.6 Å².